The van der Waals surface area contributed by atoms with Crippen LogP contribution in [0.2, 0.25) is 0 Å². The van der Waals surface area contributed by atoms with E-state index in [1.807, 2.05) is 12.1 Å². The highest BCUT2D eigenvalue weighted by molar-refractivity contribution is 6.32. The fourth-order valence-electron chi connectivity index (χ4n) is 5.81. The molecule has 4 N–H and O–H groups in total. The molecule has 8 heteroatoms. The lowest BCUT2D eigenvalue weighted by atomic mass is 9.77. The number of carbonyl (C=O) groups is 2. The summed E-state index contributed by atoms with van der Waals surface area (Å²) >= 11 is 6.65. The van der Waals surface area contributed by atoms with Gasteiger partial charge in [0.2, 0.25) is 5.91 Å². The molecule has 0 unspecified atom stereocenters. The van der Waals surface area contributed by atoms with Crippen molar-refractivity contribution in [3.63, 3.8) is 0 Å². The fourth-order valence-corrected chi connectivity index (χ4v) is 6.05. The van der Waals surface area contributed by atoms with Crippen molar-refractivity contribution in [2.24, 2.45) is 11.1 Å². The van der Waals surface area contributed by atoms with Gasteiger partial charge in [-0.3, -0.25) is 9.59 Å². The number of piperidine rings is 1. The van der Waals surface area contributed by atoms with Crippen LogP contribution in [0.4, 0.5) is 0 Å². The van der Waals surface area contributed by atoms with Crippen molar-refractivity contribution in [1.82, 2.24) is 15.1 Å². The summed E-state index contributed by atoms with van der Waals surface area (Å²) in [6.07, 6.45) is 9.01. The molecule has 1 spiro atoms. The zero-order valence-corrected chi connectivity index (χ0v) is 21.8. The van der Waals surface area contributed by atoms with Gasteiger partial charge in [-0.2, -0.15) is 0 Å². The predicted octanol–water partition coefficient (Wildman–Crippen LogP) is 3.60. The Morgan fingerprint density at radius 1 is 1.17 bits per heavy atom. The van der Waals surface area contributed by atoms with Gasteiger partial charge in [-0.05, 0) is 74.3 Å². The van der Waals surface area contributed by atoms with Crippen LogP contribution in [-0.4, -0.2) is 65.5 Å². The minimum absolute atomic E-state index is 0.162. The Morgan fingerprint density at radius 3 is 2.44 bits per heavy atom. The first-order valence-electron chi connectivity index (χ1n) is 12.8. The summed E-state index contributed by atoms with van der Waals surface area (Å²) in [4.78, 5) is 29.6. The van der Waals surface area contributed by atoms with E-state index in [0.717, 1.165) is 62.6 Å². The van der Waals surface area contributed by atoms with E-state index in [9.17, 15) is 14.7 Å². The lowest BCUT2D eigenvalue weighted by Crippen LogP contribution is -2.48. The highest BCUT2D eigenvalue weighted by Crippen LogP contribution is 2.44. The zero-order valence-electron chi connectivity index (χ0n) is 21.0. The number of halogens is 1. The van der Waals surface area contributed by atoms with Crippen LogP contribution in [0.1, 0.15) is 60.9 Å². The monoisotopic (exact) mass is 512 g/mol. The lowest BCUT2D eigenvalue weighted by Gasteiger charge is -2.40. The van der Waals surface area contributed by atoms with Gasteiger partial charge in [0.1, 0.15) is 5.82 Å². The summed E-state index contributed by atoms with van der Waals surface area (Å²) in [7, 11) is 1.60. The summed E-state index contributed by atoms with van der Waals surface area (Å²) in [5.41, 5.74) is 8.30. The third kappa shape index (κ3) is 5.32. The largest absolute Gasteiger partial charge is 0.393 e. The molecular formula is C28H37ClN4O3. The van der Waals surface area contributed by atoms with Gasteiger partial charge in [0.25, 0.3) is 5.91 Å². The summed E-state index contributed by atoms with van der Waals surface area (Å²) in [5, 5.41) is 12.9. The van der Waals surface area contributed by atoms with Crippen LogP contribution < -0.4 is 11.1 Å². The van der Waals surface area contributed by atoms with Crippen molar-refractivity contribution in [2.45, 2.75) is 57.1 Å². The van der Waals surface area contributed by atoms with Crippen LogP contribution in [-0.2, 0) is 4.79 Å². The molecule has 0 aromatic heterocycles. The standard InChI is InChI=1S/C28H37ClN4O3/c1-3-19(20-5-4-6-21(17-20)26(35)31-2)18-24(29)25(30)32-14-11-28(12-15-32)13-16-33(27(28)36)22-7-9-23(34)10-8-22/h3-6,17-18,22-23,34H,1,7-16,30H2,2H3,(H,31,35)/b19-18+,25-24-/t22-,23+. The Morgan fingerprint density at radius 2 is 1.81 bits per heavy atom. The van der Waals surface area contributed by atoms with E-state index in [0.29, 0.717) is 29.5 Å². The first kappa shape index (κ1) is 26.3. The highest BCUT2D eigenvalue weighted by Gasteiger charge is 2.50. The van der Waals surface area contributed by atoms with E-state index in [-0.39, 0.29) is 29.4 Å². The average molecular weight is 513 g/mol. The Kier molecular flexibility index (Phi) is 8.10. The summed E-state index contributed by atoms with van der Waals surface area (Å²) < 4.78 is 0. The van der Waals surface area contributed by atoms with Crippen molar-refractivity contribution >= 4 is 29.0 Å². The van der Waals surface area contributed by atoms with Crippen LogP contribution in [0.3, 0.4) is 0 Å². The van der Waals surface area contributed by atoms with E-state index in [4.69, 9.17) is 17.3 Å². The number of nitrogens with two attached hydrogens (primary N) is 1. The fraction of sp³-hybridized carbons (Fsp3) is 0.500. The number of hydrogen-bond acceptors (Lipinski definition) is 5. The van der Waals surface area contributed by atoms with Crippen molar-refractivity contribution in [3.05, 3.63) is 65.0 Å². The molecule has 0 radical (unpaired) electrons. The maximum atomic E-state index is 13.4. The molecule has 0 bridgehead atoms. The molecule has 2 aliphatic heterocycles. The van der Waals surface area contributed by atoms with E-state index in [1.54, 1.807) is 31.3 Å². The number of amides is 2. The number of nitrogens with zero attached hydrogens (tertiary/aromatic N) is 2. The van der Waals surface area contributed by atoms with Gasteiger partial charge < -0.3 is 26.0 Å². The Balaban J connectivity index is 1.43. The summed E-state index contributed by atoms with van der Waals surface area (Å²) in [6, 6.07) is 7.53. The Labute approximate surface area is 218 Å². The highest BCUT2D eigenvalue weighted by atomic mass is 35.5. The zero-order chi connectivity index (χ0) is 25.9. The molecule has 1 aromatic carbocycles. The van der Waals surface area contributed by atoms with Gasteiger partial charge in [0.15, 0.2) is 0 Å². The van der Waals surface area contributed by atoms with Gasteiger partial charge in [-0.15, -0.1) is 0 Å². The number of likely N-dealkylation sites (tertiary alicyclic amines) is 2. The number of aliphatic hydroxyl groups excluding tert-OH is 1. The van der Waals surface area contributed by atoms with Crippen LogP contribution >= 0.6 is 11.6 Å². The minimum atomic E-state index is -0.304. The van der Waals surface area contributed by atoms with E-state index in [2.05, 4.69) is 21.7 Å². The summed E-state index contributed by atoms with van der Waals surface area (Å²) in [5.74, 6) is 0.601. The third-order valence-corrected chi connectivity index (χ3v) is 8.45. The molecule has 3 fully saturated rings. The lowest BCUT2D eigenvalue weighted by molar-refractivity contribution is -0.141. The second kappa shape index (κ2) is 11.1. The smallest absolute Gasteiger partial charge is 0.251 e. The summed E-state index contributed by atoms with van der Waals surface area (Å²) in [6.45, 7) is 6.06. The van der Waals surface area contributed by atoms with Gasteiger partial charge in [0.05, 0.1) is 16.6 Å². The number of benzene rings is 1. The maximum Gasteiger partial charge on any atom is 0.251 e. The first-order valence-corrected chi connectivity index (χ1v) is 13.2. The van der Waals surface area contributed by atoms with Crippen molar-refractivity contribution in [1.29, 1.82) is 0 Å². The molecule has 1 saturated carbocycles. The maximum absolute atomic E-state index is 13.4. The molecular weight excluding hydrogens is 476 g/mol. The van der Waals surface area contributed by atoms with E-state index < -0.39 is 0 Å². The SMILES string of the molecule is C=C/C(=C\C(Cl)=C(/N)N1CCC2(CC1)CCN([C@H]1CC[C@@H](O)CC1)C2=O)c1cccc(C(=O)NC)c1. The molecule has 2 saturated heterocycles. The molecule has 1 aliphatic carbocycles. The second-order valence-electron chi connectivity index (χ2n) is 10.2. The molecule has 194 valence electrons. The average Bonchev–Trinajstić information content (AvgIpc) is 3.22. The normalized spacial score (nSPS) is 25.1. The molecule has 2 heterocycles. The molecule has 3 aliphatic rings. The second-order valence-corrected chi connectivity index (χ2v) is 10.6. The van der Waals surface area contributed by atoms with Crippen molar-refractivity contribution in [2.75, 3.05) is 26.7 Å². The van der Waals surface area contributed by atoms with Gasteiger partial charge >= 0.3 is 0 Å². The van der Waals surface area contributed by atoms with Crippen molar-refractivity contribution < 1.29 is 14.7 Å². The van der Waals surface area contributed by atoms with E-state index >= 15 is 0 Å². The number of rotatable bonds is 6. The number of carbonyl (C=O) groups excluding carboxylic acids is 2. The number of nitrogens with one attached hydrogen (secondary N) is 1. The molecule has 7 nitrogen and oxygen atoms in total. The number of aliphatic hydroxyl groups is 1. The first-order chi connectivity index (χ1) is 17.3. The molecule has 4 rings (SSSR count). The molecule has 1 aromatic rings. The minimum Gasteiger partial charge on any atom is -0.393 e. The molecule has 0 atom stereocenters. The third-order valence-electron chi connectivity index (χ3n) is 8.15. The van der Waals surface area contributed by atoms with Crippen molar-refractivity contribution in [3.8, 4) is 0 Å². The Bertz CT molecular complexity index is 1070. The van der Waals surface area contributed by atoms with Crippen LogP contribution in [0.15, 0.2) is 53.8 Å². The topological polar surface area (TPSA) is 98.9 Å². The molecule has 36 heavy (non-hydrogen) atoms. The predicted molar refractivity (Wildman–Crippen MR) is 143 cm³/mol. The van der Waals surface area contributed by atoms with Gasteiger partial charge in [0, 0.05) is 38.3 Å². The number of allylic oxidation sites excluding steroid dienone is 4. The van der Waals surface area contributed by atoms with Crippen LogP contribution in [0.25, 0.3) is 5.57 Å². The molecule has 2 amide bonds. The van der Waals surface area contributed by atoms with Gasteiger partial charge in [-0.25, -0.2) is 0 Å². The quantitative estimate of drug-likeness (QED) is 0.506. The van der Waals surface area contributed by atoms with E-state index in [1.165, 1.54) is 0 Å². The van der Waals surface area contributed by atoms with Crippen LogP contribution in [0.5, 0.6) is 0 Å². The number of hydrogen-bond donors (Lipinski definition) is 3. The van der Waals surface area contributed by atoms with Crippen LogP contribution in [0, 0.1) is 5.41 Å². The van der Waals surface area contributed by atoms with Gasteiger partial charge in [-0.1, -0.05) is 36.4 Å². The Hall–Kier alpha value is -2.77.